The van der Waals surface area contributed by atoms with Gasteiger partial charge in [-0.05, 0) is 19.1 Å². The molecular formula is C18H16N4O2S2. The number of fused-ring (bicyclic) bond motifs is 1. The van der Waals surface area contributed by atoms with Gasteiger partial charge >= 0.3 is 0 Å². The fourth-order valence-corrected chi connectivity index (χ4v) is 4.65. The topological polar surface area (TPSA) is 69.5 Å². The second-order valence-corrected chi connectivity index (χ2v) is 7.51. The number of rotatable bonds is 5. The van der Waals surface area contributed by atoms with Gasteiger partial charge in [-0.15, -0.1) is 11.3 Å². The van der Waals surface area contributed by atoms with Crippen LogP contribution in [0.2, 0.25) is 0 Å². The molecule has 0 saturated heterocycles. The zero-order valence-electron chi connectivity index (χ0n) is 14.1. The number of nitrogens with zero attached hydrogens (tertiary/aromatic N) is 4. The highest BCUT2D eigenvalue weighted by Gasteiger charge is 2.25. The van der Waals surface area contributed by atoms with Gasteiger partial charge < -0.3 is 9.57 Å². The summed E-state index contributed by atoms with van der Waals surface area (Å²) in [5.41, 5.74) is 3.52. The Morgan fingerprint density at radius 2 is 2.27 bits per heavy atom. The van der Waals surface area contributed by atoms with Crippen LogP contribution in [0, 0.1) is 6.92 Å². The maximum Gasteiger partial charge on any atom is 0.204 e. The van der Waals surface area contributed by atoms with E-state index in [-0.39, 0.29) is 0 Å². The molecule has 0 amide bonds. The molecule has 0 atom stereocenters. The highest BCUT2D eigenvalue weighted by atomic mass is 32.1. The van der Waals surface area contributed by atoms with E-state index in [9.17, 15) is 0 Å². The van der Waals surface area contributed by atoms with E-state index in [1.807, 2.05) is 25.3 Å². The first-order valence-corrected chi connectivity index (χ1v) is 9.71. The normalized spacial score (nSPS) is 14.7. The van der Waals surface area contributed by atoms with Crippen molar-refractivity contribution in [2.24, 2.45) is 5.16 Å². The zero-order chi connectivity index (χ0) is 17.9. The van der Waals surface area contributed by atoms with E-state index in [2.05, 4.69) is 21.7 Å². The van der Waals surface area contributed by atoms with Crippen molar-refractivity contribution >= 4 is 28.4 Å². The second kappa shape index (κ2) is 7.35. The van der Waals surface area contributed by atoms with Crippen LogP contribution in [0.4, 0.5) is 0 Å². The summed E-state index contributed by atoms with van der Waals surface area (Å²) in [5.74, 6) is 0. The lowest BCUT2D eigenvalue weighted by Crippen LogP contribution is -2.15. The molecule has 4 rings (SSSR count). The fraction of sp³-hybridized carbons (Fsp3) is 0.222. The summed E-state index contributed by atoms with van der Waals surface area (Å²) in [6.45, 7) is 6.57. The molecule has 0 unspecified atom stereocenters. The summed E-state index contributed by atoms with van der Waals surface area (Å²) in [6.07, 6.45) is 5.92. The lowest BCUT2D eigenvalue weighted by molar-refractivity contribution is 0.172. The Morgan fingerprint density at radius 3 is 3.08 bits per heavy atom. The predicted octanol–water partition coefficient (Wildman–Crippen LogP) is 4.33. The lowest BCUT2D eigenvalue weighted by atomic mass is 10.2. The van der Waals surface area contributed by atoms with Gasteiger partial charge in [-0.3, -0.25) is 4.98 Å². The molecule has 1 aliphatic rings. The number of aryl methyl sites for hydroxylation is 1. The molecule has 8 heteroatoms. The van der Waals surface area contributed by atoms with Crippen LogP contribution in [0.25, 0.3) is 20.5 Å². The van der Waals surface area contributed by atoms with Crippen LogP contribution in [0.15, 0.2) is 42.3 Å². The van der Waals surface area contributed by atoms with Crippen LogP contribution < -0.4 is 4.74 Å². The Labute approximate surface area is 158 Å². The quantitative estimate of drug-likeness (QED) is 0.372. The van der Waals surface area contributed by atoms with Crippen LogP contribution in [0.5, 0.6) is 5.06 Å². The molecule has 26 heavy (non-hydrogen) atoms. The highest BCUT2D eigenvalue weighted by molar-refractivity contribution is 7.24. The smallest absolute Gasteiger partial charge is 0.204 e. The number of ether oxygens (including phenoxy) is 1. The van der Waals surface area contributed by atoms with E-state index in [1.54, 1.807) is 23.6 Å². The van der Waals surface area contributed by atoms with Gasteiger partial charge in [0.1, 0.15) is 28.0 Å². The molecule has 1 aliphatic heterocycles. The summed E-state index contributed by atoms with van der Waals surface area (Å²) >= 11 is 3.13. The molecule has 0 N–H and O–H groups in total. The van der Waals surface area contributed by atoms with Crippen molar-refractivity contribution in [1.29, 1.82) is 0 Å². The first kappa shape index (κ1) is 16.9. The number of oxime groups is 1. The Hall–Kier alpha value is -2.58. The van der Waals surface area contributed by atoms with Crippen molar-refractivity contribution in [1.82, 2.24) is 15.0 Å². The standard InChI is InChI=1S/C18H16N4O2S2/c1-3-8-24-22-13-6-9-23-18-14(13)21-17(26-18)15-11(2)20-16(25-15)12-5-4-7-19-10-12/h3-5,7,10H,1,6,8-9H2,2H3. The molecule has 0 spiro atoms. The van der Waals surface area contributed by atoms with E-state index in [4.69, 9.17) is 14.6 Å². The molecule has 0 bridgehead atoms. The van der Waals surface area contributed by atoms with Gasteiger partial charge in [-0.25, -0.2) is 9.97 Å². The largest absolute Gasteiger partial charge is 0.482 e. The summed E-state index contributed by atoms with van der Waals surface area (Å²) < 4.78 is 5.77. The van der Waals surface area contributed by atoms with Crippen molar-refractivity contribution in [3.8, 4) is 25.5 Å². The maximum atomic E-state index is 5.77. The van der Waals surface area contributed by atoms with E-state index in [0.29, 0.717) is 19.6 Å². The van der Waals surface area contributed by atoms with Crippen LogP contribution >= 0.6 is 22.7 Å². The fourth-order valence-electron chi connectivity index (χ4n) is 2.51. The molecule has 132 valence electrons. The van der Waals surface area contributed by atoms with Gasteiger partial charge in [0.25, 0.3) is 0 Å². The minimum atomic E-state index is 0.374. The maximum absolute atomic E-state index is 5.77. The second-order valence-electron chi connectivity index (χ2n) is 5.55. The van der Waals surface area contributed by atoms with Crippen molar-refractivity contribution in [3.63, 3.8) is 0 Å². The van der Waals surface area contributed by atoms with Crippen LogP contribution in [0.1, 0.15) is 17.8 Å². The Bertz CT molecular complexity index is 963. The van der Waals surface area contributed by atoms with Crippen LogP contribution in [0.3, 0.4) is 0 Å². The van der Waals surface area contributed by atoms with Gasteiger partial charge in [-0.2, -0.15) is 0 Å². The first-order valence-electron chi connectivity index (χ1n) is 8.08. The van der Waals surface area contributed by atoms with Crippen molar-refractivity contribution in [2.45, 2.75) is 13.3 Å². The Morgan fingerprint density at radius 1 is 1.35 bits per heavy atom. The summed E-state index contributed by atoms with van der Waals surface area (Å²) in [7, 11) is 0. The van der Waals surface area contributed by atoms with E-state index in [1.165, 1.54) is 11.3 Å². The van der Waals surface area contributed by atoms with Crippen LogP contribution in [-0.4, -0.2) is 33.9 Å². The van der Waals surface area contributed by atoms with Crippen LogP contribution in [-0.2, 0) is 4.84 Å². The van der Waals surface area contributed by atoms with E-state index in [0.717, 1.165) is 42.6 Å². The molecule has 3 aromatic rings. The van der Waals surface area contributed by atoms with E-state index < -0.39 is 0 Å². The van der Waals surface area contributed by atoms with Crippen molar-refractivity contribution in [2.75, 3.05) is 13.2 Å². The van der Waals surface area contributed by atoms with Gasteiger partial charge in [0.05, 0.1) is 17.2 Å². The molecule has 3 aromatic heterocycles. The summed E-state index contributed by atoms with van der Waals surface area (Å²) in [6, 6.07) is 3.92. The summed E-state index contributed by atoms with van der Waals surface area (Å²) in [5, 5.41) is 6.79. The predicted molar refractivity (Wildman–Crippen MR) is 104 cm³/mol. The molecule has 0 aliphatic carbocycles. The van der Waals surface area contributed by atoms with Crippen molar-refractivity contribution < 1.29 is 9.57 Å². The van der Waals surface area contributed by atoms with E-state index >= 15 is 0 Å². The van der Waals surface area contributed by atoms with Gasteiger partial charge in [0, 0.05) is 24.4 Å². The number of aromatic nitrogens is 3. The molecule has 4 heterocycles. The SMILES string of the molecule is C=CCON=C1CCOc2sc(-c3sc(-c4cccnc4)nc3C)nc21. The average molecular weight is 384 g/mol. The van der Waals surface area contributed by atoms with Crippen molar-refractivity contribution in [3.05, 3.63) is 48.6 Å². The number of hydrogen-bond donors (Lipinski definition) is 0. The third-order valence-electron chi connectivity index (χ3n) is 3.71. The van der Waals surface area contributed by atoms with Gasteiger partial charge in [0.15, 0.2) is 0 Å². The molecule has 6 nitrogen and oxygen atoms in total. The molecule has 0 aromatic carbocycles. The molecule has 0 fully saturated rings. The molecule has 0 radical (unpaired) electrons. The first-order chi connectivity index (χ1) is 12.8. The third-order valence-corrected chi connectivity index (χ3v) is 6.04. The Balaban J connectivity index is 1.69. The number of thiazole rings is 2. The minimum absolute atomic E-state index is 0.374. The van der Waals surface area contributed by atoms with Gasteiger partial charge in [-0.1, -0.05) is 29.1 Å². The minimum Gasteiger partial charge on any atom is -0.482 e. The number of pyridine rings is 1. The number of hydrogen-bond acceptors (Lipinski definition) is 8. The molecule has 0 saturated carbocycles. The third kappa shape index (κ3) is 3.25. The lowest BCUT2D eigenvalue weighted by Gasteiger charge is -2.12. The van der Waals surface area contributed by atoms with Gasteiger partial charge in [0.2, 0.25) is 5.06 Å². The molecular weight excluding hydrogens is 368 g/mol. The highest BCUT2D eigenvalue weighted by Crippen LogP contribution is 2.42. The zero-order valence-corrected chi connectivity index (χ0v) is 15.8. The Kier molecular flexibility index (Phi) is 4.77. The average Bonchev–Trinajstić information content (AvgIpc) is 3.26. The monoisotopic (exact) mass is 384 g/mol. The summed E-state index contributed by atoms with van der Waals surface area (Å²) in [4.78, 5) is 19.9.